The van der Waals surface area contributed by atoms with Crippen LogP contribution in [0, 0.1) is 0 Å². The monoisotopic (exact) mass is 198 g/mol. The molecule has 0 aromatic heterocycles. The molecule has 1 heterocycles. The first-order valence-electron chi connectivity index (χ1n) is 5.51. The van der Waals surface area contributed by atoms with Gasteiger partial charge in [0, 0.05) is 12.1 Å². The minimum absolute atomic E-state index is 0.250. The molecule has 0 aromatic carbocycles. The molecule has 1 saturated carbocycles. The molecule has 4 heteroatoms. The van der Waals surface area contributed by atoms with E-state index in [2.05, 4.69) is 10.6 Å². The number of carbonyl (C=O) groups excluding carboxylic acids is 1. The Balaban J connectivity index is 1.57. The number of hydrogen-bond donors (Lipinski definition) is 2. The Kier molecular flexibility index (Phi) is 3.24. The van der Waals surface area contributed by atoms with E-state index in [1.54, 1.807) is 0 Å². The van der Waals surface area contributed by atoms with Gasteiger partial charge in [-0.15, -0.1) is 0 Å². The maximum atomic E-state index is 11.2. The normalized spacial score (nSPS) is 27.0. The van der Waals surface area contributed by atoms with Crippen molar-refractivity contribution in [3.8, 4) is 0 Å². The van der Waals surface area contributed by atoms with Gasteiger partial charge < -0.3 is 15.4 Å². The fourth-order valence-corrected chi connectivity index (χ4v) is 1.68. The molecule has 1 atom stereocenters. The van der Waals surface area contributed by atoms with E-state index in [1.165, 1.54) is 12.8 Å². The van der Waals surface area contributed by atoms with Gasteiger partial charge in [0.15, 0.2) is 0 Å². The summed E-state index contributed by atoms with van der Waals surface area (Å²) in [5.74, 6) is 0. The number of nitrogens with one attached hydrogen (secondary N) is 2. The van der Waals surface area contributed by atoms with Crippen LogP contribution in [0.15, 0.2) is 0 Å². The van der Waals surface area contributed by atoms with Crippen LogP contribution in [0.4, 0.5) is 4.79 Å². The Morgan fingerprint density at radius 2 is 2.21 bits per heavy atom. The third kappa shape index (κ3) is 3.18. The third-order valence-corrected chi connectivity index (χ3v) is 2.73. The second-order valence-electron chi connectivity index (χ2n) is 4.16. The predicted octanol–water partition coefficient (Wildman–Crippen LogP) is 1.02. The molecule has 0 spiro atoms. The van der Waals surface area contributed by atoms with Crippen molar-refractivity contribution in [2.45, 2.75) is 44.2 Å². The quantitative estimate of drug-likeness (QED) is 0.711. The second kappa shape index (κ2) is 4.64. The summed E-state index contributed by atoms with van der Waals surface area (Å²) < 4.78 is 5.12. The summed E-state index contributed by atoms with van der Waals surface area (Å²) in [7, 11) is 0. The topological polar surface area (TPSA) is 50.4 Å². The molecule has 2 rings (SSSR count). The number of alkyl carbamates (subject to hydrolysis) is 1. The van der Waals surface area contributed by atoms with E-state index in [-0.39, 0.29) is 6.09 Å². The average molecular weight is 198 g/mol. The van der Waals surface area contributed by atoms with E-state index in [9.17, 15) is 4.79 Å². The van der Waals surface area contributed by atoms with Crippen LogP contribution in [0.2, 0.25) is 0 Å². The number of piperidine rings is 1. The first-order valence-corrected chi connectivity index (χ1v) is 5.51. The standard InChI is InChI=1S/C10H18N2O2/c13-10(12-8-4-5-8)14-7-9-3-1-2-6-11-9/h8-9,11H,1-7H2,(H,12,13)/t9-/m1/s1. The summed E-state index contributed by atoms with van der Waals surface area (Å²) >= 11 is 0. The van der Waals surface area contributed by atoms with Gasteiger partial charge in [-0.1, -0.05) is 6.42 Å². The van der Waals surface area contributed by atoms with Crippen LogP contribution in [-0.4, -0.2) is 31.3 Å². The summed E-state index contributed by atoms with van der Waals surface area (Å²) in [6.07, 6.45) is 5.57. The molecular weight excluding hydrogens is 180 g/mol. The lowest BCUT2D eigenvalue weighted by molar-refractivity contribution is 0.127. The van der Waals surface area contributed by atoms with Crippen molar-refractivity contribution in [1.29, 1.82) is 0 Å². The molecule has 4 nitrogen and oxygen atoms in total. The van der Waals surface area contributed by atoms with Crippen molar-refractivity contribution >= 4 is 6.09 Å². The highest BCUT2D eigenvalue weighted by Crippen LogP contribution is 2.18. The lowest BCUT2D eigenvalue weighted by atomic mass is 10.1. The van der Waals surface area contributed by atoms with Gasteiger partial charge >= 0.3 is 6.09 Å². The molecule has 0 radical (unpaired) electrons. The minimum atomic E-state index is -0.250. The molecule has 80 valence electrons. The van der Waals surface area contributed by atoms with Crippen LogP contribution in [0.25, 0.3) is 0 Å². The minimum Gasteiger partial charge on any atom is -0.448 e. The maximum absolute atomic E-state index is 11.2. The molecule has 2 aliphatic rings. The van der Waals surface area contributed by atoms with Gasteiger partial charge in [0.25, 0.3) is 0 Å². The van der Waals surface area contributed by atoms with Gasteiger partial charge in [-0.05, 0) is 32.2 Å². The van der Waals surface area contributed by atoms with E-state index < -0.39 is 0 Å². The molecule has 14 heavy (non-hydrogen) atoms. The third-order valence-electron chi connectivity index (χ3n) is 2.73. The molecule has 2 N–H and O–H groups in total. The maximum Gasteiger partial charge on any atom is 0.407 e. The number of hydrogen-bond acceptors (Lipinski definition) is 3. The van der Waals surface area contributed by atoms with E-state index in [0.29, 0.717) is 18.7 Å². The molecule has 0 aromatic rings. The highest BCUT2D eigenvalue weighted by atomic mass is 16.5. The van der Waals surface area contributed by atoms with E-state index in [0.717, 1.165) is 25.8 Å². The zero-order valence-corrected chi connectivity index (χ0v) is 8.42. The molecule has 1 saturated heterocycles. The Morgan fingerprint density at radius 3 is 2.86 bits per heavy atom. The molecule has 1 aliphatic heterocycles. The molecular formula is C10H18N2O2. The van der Waals surface area contributed by atoms with Gasteiger partial charge in [0.05, 0.1) is 0 Å². The fraction of sp³-hybridized carbons (Fsp3) is 0.900. The van der Waals surface area contributed by atoms with E-state index >= 15 is 0 Å². The van der Waals surface area contributed by atoms with Crippen molar-refractivity contribution in [2.24, 2.45) is 0 Å². The van der Waals surface area contributed by atoms with Crippen molar-refractivity contribution in [1.82, 2.24) is 10.6 Å². The zero-order valence-electron chi connectivity index (χ0n) is 8.42. The van der Waals surface area contributed by atoms with Crippen LogP contribution in [0.5, 0.6) is 0 Å². The SMILES string of the molecule is O=C(NC1CC1)OC[C@H]1CCCCN1. The Bertz CT molecular complexity index is 198. The van der Waals surface area contributed by atoms with Crippen LogP contribution in [-0.2, 0) is 4.74 Å². The number of amides is 1. The zero-order chi connectivity index (χ0) is 9.80. The summed E-state index contributed by atoms with van der Waals surface area (Å²) in [4.78, 5) is 11.2. The van der Waals surface area contributed by atoms with E-state index in [1.807, 2.05) is 0 Å². The van der Waals surface area contributed by atoms with Gasteiger partial charge in [-0.25, -0.2) is 4.79 Å². The number of ether oxygens (including phenoxy) is 1. The lowest BCUT2D eigenvalue weighted by Gasteiger charge is -2.22. The first-order chi connectivity index (χ1) is 6.84. The Morgan fingerprint density at radius 1 is 1.36 bits per heavy atom. The van der Waals surface area contributed by atoms with Crippen molar-refractivity contribution in [3.05, 3.63) is 0 Å². The fourth-order valence-electron chi connectivity index (χ4n) is 1.68. The van der Waals surface area contributed by atoms with Gasteiger partial charge in [-0.2, -0.15) is 0 Å². The highest BCUT2D eigenvalue weighted by Gasteiger charge is 2.24. The number of rotatable bonds is 3. The van der Waals surface area contributed by atoms with Crippen molar-refractivity contribution in [2.75, 3.05) is 13.2 Å². The Hall–Kier alpha value is -0.770. The molecule has 1 amide bonds. The van der Waals surface area contributed by atoms with Crippen molar-refractivity contribution in [3.63, 3.8) is 0 Å². The van der Waals surface area contributed by atoms with Crippen molar-refractivity contribution < 1.29 is 9.53 Å². The highest BCUT2D eigenvalue weighted by molar-refractivity contribution is 5.67. The largest absolute Gasteiger partial charge is 0.448 e. The number of carbonyl (C=O) groups is 1. The smallest absolute Gasteiger partial charge is 0.407 e. The lowest BCUT2D eigenvalue weighted by Crippen LogP contribution is -2.39. The average Bonchev–Trinajstić information content (AvgIpc) is 3.00. The predicted molar refractivity (Wildman–Crippen MR) is 53.1 cm³/mol. The molecule has 0 unspecified atom stereocenters. The second-order valence-corrected chi connectivity index (χ2v) is 4.16. The summed E-state index contributed by atoms with van der Waals surface area (Å²) in [6, 6.07) is 0.760. The molecule has 0 bridgehead atoms. The van der Waals surface area contributed by atoms with Crippen LogP contribution < -0.4 is 10.6 Å². The molecule has 2 fully saturated rings. The Labute approximate surface area is 84.4 Å². The van der Waals surface area contributed by atoms with Gasteiger partial charge in [-0.3, -0.25) is 0 Å². The summed E-state index contributed by atoms with van der Waals surface area (Å²) in [6.45, 7) is 1.57. The summed E-state index contributed by atoms with van der Waals surface area (Å²) in [5.41, 5.74) is 0. The van der Waals surface area contributed by atoms with Gasteiger partial charge in [0.2, 0.25) is 0 Å². The molecule has 1 aliphatic carbocycles. The van der Waals surface area contributed by atoms with Gasteiger partial charge in [0.1, 0.15) is 6.61 Å². The summed E-state index contributed by atoms with van der Waals surface area (Å²) in [5, 5.41) is 6.14. The first kappa shape index (κ1) is 9.77. The van der Waals surface area contributed by atoms with Crippen LogP contribution in [0.1, 0.15) is 32.1 Å². The van der Waals surface area contributed by atoms with Crippen LogP contribution in [0.3, 0.4) is 0 Å². The van der Waals surface area contributed by atoms with Crippen LogP contribution >= 0.6 is 0 Å². The van der Waals surface area contributed by atoms with E-state index in [4.69, 9.17) is 4.74 Å².